The van der Waals surface area contributed by atoms with E-state index >= 15 is 0 Å². The van der Waals surface area contributed by atoms with Crippen LogP contribution in [-0.4, -0.2) is 84.9 Å². The Morgan fingerprint density at radius 2 is 2.09 bits per heavy atom. The van der Waals surface area contributed by atoms with Crippen molar-refractivity contribution in [3.63, 3.8) is 0 Å². The number of aliphatic hydroxyl groups excluding tert-OH is 1. The minimum atomic E-state index is -0.576. The van der Waals surface area contributed by atoms with Gasteiger partial charge in [-0.3, -0.25) is 25.3 Å². The van der Waals surface area contributed by atoms with Crippen LogP contribution in [0.4, 0.5) is 0 Å². The molecule has 1 aromatic heterocycles. The lowest BCUT2D eigenvalue weighted by Gasteiger charge is -2.43. The van der Waals surface area contributed by atoms with Crippen LogP contribution in [0.1, 0.15) is 24.5 Å². The largest absolute Gasteiger partial charge is 0.389 e. The van der Waals surface area contributed by atoms with Gasteiger partial charge in [0.2, 0.25) is 5.91 Å². The number of para-hydroxylation sites is 1. The Kier molecular flexibility index (Phi) is 6.36. The highest BCUT2D eigenvalue weighted by Gasteiger charge is 2.44. The maximum atomic E-state index is 13.4. The summed E-state index contributed by atoms with van der Waals surface area (Å²) in [5.41, 5.74) is 1.62. The molecular weight excluding hydrogens is 408 g/mol. The van der Waals surface area contributed by atoms with Crippen molar-refractivity contribution in [1.82, 2.24) is 31.2 Å². The SMILES string of the molecule is COC1CN(C2NC(=O)C(c3ccc4ccccc4n3)C(N[C@@H]3CCCNC3)N2)C[C@@H]1O. The van der Waals surface area contributed by atoms with E-state index in [-0.39, 0.29) is 30.5 Å². The summed E-state index contributed by atoms with van der Waals surface area (Å²) in [5.74, 6) is -0.545. The number of nitrogens with one attached hydrogen (secondary N) is 4. The second-order valence-corrected chi connectivity index (χ2v) is 8.97. The Labute approximate surface area is 187 Å². The average Bonchev–Trinajstić information content (AvgIpc) is 3.20. The van der Waals surface area contributed by atoms with Crippen molar-refractivity contribution in [2.45, 2.75) is 49.5 Å². The number of piperidine rings is 1. The summed E-state index contributed by atoms with van der Waals surface area (Å²) in [7, 11) is 1.60. The van der Waals surface area contributed by atoms with Crippen LogP contribution in [0.25, 0.3) is 10.9 Å². The molecule has 0 saturated carbocycles. The zero-order valence-electron chi connectivity index (χ0n) is 18.3. The van der Waals surface area contributed by atoms with Crippen LogP contribution in [0.2, 0.25) is 0 Å². The molecule has 9 heteroatoms. The minimum absolute atomic E-state index is 0.0758. The lowest BCUT2D eigenvalue weighted by molar-refractivity contribution is -0.129. The van der Waals surface area contributed by atoms with Crippen LogP contribution < -0.4 is 21.3 Å². The second kappa shape index (κ2) is 9.38. The monoisotopic (exact) mass is 440 g/mol. The fraction of sp³-hybridized carbons (Fsp3) is 0.565. The van der Waals surface area contributed by atoms with Crippen molar-refractivity contribution in [3.05, 3.63) is 42.1 Å². The number of pyridine rings is 1. The summed E-state index contributed by atoms with van der Waals surface area (Å²) in [4.78, 5) is 20.3. The number of nitrogens with zero attached hydrogens (tertiary/aromatic N) is 2. The van der Waals surface area contributed by atoms with Gasteiger partial charge in [-0.25, -0.2) is 0 Å². The van der Waals surface area contributed by atoms with Gasteiger partial charge in [0.25, 0.3) is 0 Å². The van der Waals surface area contributed by atoms with Crippen LogP contribution in [0, 0.1) is 0 Å². The molecule has 5 N–H and O–H groups in total. The summed E-state index contributed by atoms with van der Waals surface area (Å²) < 4.78 is 5.38. The number of rotatable bonds is 5. The molecule has 0 bridgehead atoms. The predicted octanol–water partition coefficient (Wildman–Crippen LogP) is -0.319. The number of β-amino-alcohol motifs (C(OH)–C–C–N with tert-alkyl or cyclic N) is 1. The molecule has 3 saturated heterocycles. The summed E-state index contributed by atoms with van der Waals surface area (Å²) in [5, 5.41) is 25.1. The van der Waals surface area contributed by atoms with Crippen molar-refractivity contribution >= 4 is 16.8 Å². The van der Waals surface area contributed by atoms with Gasteiger partial charge in [-0.1, -0.05) is 24.3 Å². The number of carbonyl (C=O) groups excluding carboxylic acids is 1. The van der Waals surface area contributed by atoms with E-state index in [1.807, 2.05) is 41.3 Å². The summed E-state index contributed by atoms with van der Waals surface area (Å²) >= 11 is 0. The van der Waals surface area contributed by atoms with Crippen molar-refractivity contribution in [2.24, 2.45) is 0 Å². The van der Waals surface area contributed by atoms with Crippen molar-refractivity contribution in [2.75, 3.05) is 33.3 Å². The number of aliphatic hydroxyl groups is 1. The molecule has 3 aliphatic rings. The Balaban J connectivity index is 1.41. The van der Waals surface area contributed by atoms with Gasteiger partial charge in [0.1, 0.15) is 12.2 Å². The van der Waals surface area contributed by atoms with E-state index in [9.17, 15) is 9.90 Å². The van der Waals surface area contributed by atoms with Gasteiger partial charge < -0.3 is 20.5 Å². The molecule has 0 radical (unpaired) electrons. The first-order chi connectivity index (χ1) is 15.6. The number of carbonyl (C=O) groups is 1. The molecule has 3 fully saturated rings. The van der Waals surface area contributed by atoms with E-state index in [1.165, 1.54) is 0 Å². The molecule has 2 aromatic rings. The van der Waals surface area contributed by atoms with E-state index in [2.05, 4.69) is 21.3 Å². The normalized spacial score (nSPS) is 34.0. The fourth-order valence-corrected chi connectivity index (χ4v) is 5.06. The van der Waals surface area contributed by atoms with Crippen molar-refractivity contribution < 1.29 is 14.6 Å². The van der Waals surface area contributed by atoms with Gasteiger partial charge in [0.05, 0.1) is 29.6 Å². The molecule has 32 heavy (non-hydrogen) atoms. The molecule has 9 nitrogen and oxygen atoms in total. The van der Waals surface area contributed by atoms with Crippen molar-refractivity contribution in [1.29, 1.82) is 0 Å². The molecule has 4 unspecified atom stereocenters. The summed E-state index contributed by atoms with van der Waals surface area (Å²) in [6, 6.07) is 12.2. The summed E-state index contributed by atoms with van der Waals surface area (Å²) in [6.07, 6.45) is 0.653. The molecule has 5 rings (SSSR count). The number of likely N-dealkylation sites (tertiary alicyclic amines) is 1. The van der Waals surface area contributed by atoms with Crippen LogP contribution in [-0.2, 0) is 9.53 Å². The van der Waals surface area contributed by atoms with Crippen LogP contribution >= 0.6 is 0 Å². The number of hydrogen-bond donors (Lipinski definition) is 5. The topological polar surface area (TPSA) is 111 Å². The molecule has 172 valence electrons. The Bertz CT molecular complexity index is 952. The lowest BCUT2D eigenvalue weighted by atomic mass is 9.95. The number of methoxy groups -OCH3 is 1. The Morgan fingerprint density at radius 3 is 2.88 bits per heavy atom. The van der Waals surface area contributed by atoms with Gasteiger partial charge >= 0.3 is 0 Å². The van der Waals surface area contributed by atoms with Gasteiger partial charge in [-0.15, -0.1) is 0 Å². The second-order valence-electron chi connectivity index (χ2n) is 8.97. The number of hydrogen-bond acceptors (Lipinski definition) is 8. The maximum Gasteiger partial charge on any atom is 0.234 e. The first-order valence-electron chi connectivity index (χ1n) is 11.5. The third kappa shape index (κ3) is 4.36. The van der Waals surface area contributed by atoms with E-state index < -0.39 is 12.0 Å². The van der Waals surface area contributed by atoms with E-state index in [1.54, 1.807) is 7.11 Å². The van der Waals surface area contributed by atoms with Crippen molar-refractivity contribution in [3.8, 4) is 0 Å². The molecule has 6 atom stereocenters. The first-order valence-corrected chi connectivity index (χ1v) is 11.5. The minimum Gasteiger partial charge on any atom is -0.389 e. The Morgan fingerprint density at radius 1 is 1.22 bits per heavy atom. The highest BCUT2D eigenvalue weighted by molar-refractivity contribution is 5.86. The average molecular weight is 441 g/mol. The number of benzene rings is 1. The summed E-state index contributed by atoms with van der Waals surface area (Å²) in [6.45, 7) is 2.88. The third-order valence-corrected chi connectivity index (χ3v) is 6.82. The van der Waals surface area contributed by atoms with E-state index in [4.69, 9.17) is 9.72 Å². The molecule has 0 spiro atoms. The van der Waals surface area contributed by atoms with E-state index in [0.717, 1.165) is 42.5 Å². The fourth-order valence-electron chi connectivity index (χ4n) is 5.06. The van der Waals surface area contributed by atoms with Crippen LogP contribution in [0.3, 0.4) is 0 Å². The van der Waals surface area contributed by atoms with E-state index in [0.29, 0.717) is 13.1 Å². The zero-order chi connectivity index (χ0) is 22.1. The van der Waals surface area contributed by atoms with Gasteiger partial charge in [-0.05, 0) is 31.5 Å². The van der Waals surface area contributed by atoms with Gasteiger partial charge in [0, 0.05) is 38.2 Å². The maximum absolute atomic E-state index is 13.4. The smallest absolute Gasteiger partial charge is 0.234 e. The van der Waals surface area contributed by atoms with Gasteiger partial charge in [0.15, 0.2) is 0 Å². The standard InChI is InChI=1S/C23H32N6O3/c1-32-19-13-29(12-18(19)30)23-27-21(25-15-6-4-10-24-11-15)20(22(31)28-23)17-9-8-14-5-2-3-7-16(14)26-17/h2-3,5,7-9,15,18-21,23-25,27,30H,4,6,10-13H2,1H3,(H,28,31)/t15-,18+,19?,20?,21?,23?/m1/s1. The lowest BCUT2D eigenvalue weighted by Crippen LogP contribution is -2.71. The predicted molar refractivity (Wildman–Crippen MR) is 121 cm³/mol. The first kappa shape index (κ1) is 21.7. The Hall–Kier alpha value is -2.14. The molecule has 3 aliphatic heterocycles. The molecule has 1 aromatic carbocycles. The number of fused-ring (bicyclic) bond motifs is 1. The molecular formula is C23H32N6O3. The number of ether oxygens (including phenoxy) is 1. The van der Waals surface area contributed by atoms with Gasteiger partial charge in [-0.2, -0.15) is 0 Å². The molecule has 0 aliphatic carbocycles. The number of amides is 1. The van der Waals surface area contributed by atoms with Crippen LogP contribution in [0.5, 0.6) is 0 Å². The molecule has 4 heterocycles. The highest BCUT2D eigenvalue weighted by Crippen LogP contribution is 2.26. The molecule has 1 amide bonds. The van der Waals surface area contributed by atoms with Crippen LogP contribution in [0.15, 0.2) is 36.4 Å². The quantitative estimate of drug-likeness (QED) is 0.430. The third-order valence-electron chi connectivity index (χ3n) is 6.82. The number of aromatic nitrogens is 1. The zero-order valence-corrected chi connectivity index (χ0v) is 18.3. The highest BCUT2D eigenvalue weighted by atomic mass is 16.5.